The van der Waals surface area contributed by atoms with Gasteiger partial charge in [-0.1, -0.05) is 59.6 Å². The number of rotatable bonds is 3. The molecule has 0 saturated heterocycles. The number of allylic oxidation sites excluding steroid dienone is 1. The molecule has 0 spiro atoms. The molecule has 0 unspecified atom stereocenters. The molecule has 1 aromatic heterocycles. The van der Waals surface area contributed by atoms with Crippen molar-refractivity contribution in [2.45, 2.75) is 20.8 Å². The highest BCUT2D eigenvalue weighted by atomic mass is 79.9. The molecule has 0 aliphatic rings. The van der Waals surface area contributed by atoms with E-state index in [0.29, 0.717) is 5.92 Å². The summed E-state index contributed by atoms with van der Waals surface area (Å²) in [5, 5.41) is 2.14. The minimum absolute atomic E-state index is 0.552. The first-order valence-electron chi connectivity index (χ1n) is 6.24. The monoisotopic (exact) mass is 303 g/mol. The number of halogens is 1. The predicted octanol–water partition coefficient (Wildman–Crippen LogP) is 4.98. The number of para-hydroxylation sites is 1. The summed E-state index contributed by atoms with van der Waals surface area (Å²) >= 11 is 3.57. The van der Waals surface area contributed by atoms with Gasteiger partial charge in [0.25, 0.3) is 0 Å². The standard InChI is InChI=1S/C16H18BrN/c1-11(2)14(10-17)9-13-8-12(3)18-16-7-5-4-6-15(13)16/h4-9,11H,10H2,1-3H3. The lowest BCUT2D eigenvalue weighted by atomic mass is 9.99. The van der Waals surface area contributed by atoms with Crippen LogP contribution in [0.1, 0.15) is 25.1 Å². The quantitative estimate of drug-likeness (QED) is 0.729. The third-order valence-electron chi connectivity index (χ3n) is 3.11. The largest absolute Gasteiger partial charge is 0.253 e. The average molecular weight is 304 g/mol. The first-order chi connectivity index (χ1) is 8.61. The van der Waals surface area contributed by atoms with Gasteiger partial charge in [-0.2, -0.15) is 0 Å². The maximum Gasteiger partial charge on any atom is 0.0711 e. The average Bonchev–Trinajstić information content (AvgIpc) is 2.35. The van der Waals surface area contributed by atoms with Gasteiger partial charge in [-0.15, -0.1) is 0 Å². The molecule has 1 heterocycles. The van der Waals surface area contributed by atoms with Gasteiger partial charge < -0.3 is 0 Å². The van der Waals surface area contributed by atoms with E-state index >= 15 is 0 Å². The summed E-state index contributed by atoms with van der Waals surface area (Å²) in [7, 11) is 0. The molecule has 1 aromatic carbocycles. The van der Waals surface area contributed by atoms with Crippen molar-refractivity contribution in [2.24, 2.45) is 5.92 Å². The second-order valence-electron chi connectivity index (χ2n) is 4.88. The lowest BCUT2D eigenvalue weighted by molar-refractivity contribution is 0.781. The van der Waals surface area contributed by atoms with E-state index in [4.69, 9.17) is 0 Å². The second kappa shape index (κ2) is 5.66. The van der Waals surface area contributed by atoms with Crippen LogP contribution < -0.4 is 0 Å². The van der Waals surface area contributed by atoms with E-state index in [2.05, 4.69) is 65.1 Å². The minimum atomic E-state index is 0.552. The molecule has 1 nitrogen and oxygen atoms in total. The van der Waals surface area contributed by atoms with Crippen molar-refractivity contribution >= 4 is 32.9 Å². The van der Waals surface area contributed by atoms with Gasteiger partial charge in [0, 0.05) is 16.4 Å². The smallest absolute Gasteiger partial charge is 0.0711 e. The van der Waals surface area contributed by atoms with Crippen LogP contribution in [0.2, 0.25) is 0 Å². The van der Waals surface area contributed by atoms with Gasteiger partial charge >= 0.3 is 0 Å². The molecule has 0 atom stereocenters. The fraction of sp³-hybridized carbons (Fsp3) is 0.312. The molecular formula is C16H18BrN. The van der Waals surface area contributed by atoms with Crippen molar-refractivity contribution in [3.05, 3.63) is 47.2 Å². The van der Waals surface area contributed by atoms with Crippen LogP contribution in [0.5, 0.6) is 0 Å². The van der Waals surface area contributed by atoms with Crippen molar-refractivity contribution in [1.29, 1.82) is 0 Å². The molecule has 0 bridgehead atoms. The summed E-state index contributed by atoms with van der Waals surface area (Å²) in [6, 6.07) is 10.5. The Morgan fingerprint density at radius 1 is 1.33 bits per heavy atom. The normalized spacial score (nSPS) is 12.4. The third-order valence-corrected chi connectivity index (χ3v) is 3.76. The van der Waals surface area contributed by atoms with Crippen molar-refractivity contribution in [2.75, 3.05) is 5.33 Å². The Morgan fingerprint density at radius 3 is 2.72 bits per heavy atom. The van der Waals surface area contributed by atoms with Crippen LogP contribution in [-0.2, 0) is 0 Å². The first-order valence-corrected chi connectivity index (χ1v) is 7.36. The molecule has 2 aromatic rings. The zero-order chi connectivity index (χ0) is 13.1. The van der Waals surface area contributed by atoms with Crippen LogP contribution in [0.4, 0.5) is 0 Å². The van der Waals surface area contributed by atoms with Crippen molar-refractivity contribution in [1.82, 2.24) is 4.98 Å². The highest BCUT2D eigenvalue weighted by Crippen LogP contribution is 2.23. The predicted molar refractivity (Wildman–Crippen MR) is 83.1 cm³/mol. The number of hydrogen-bond donors (Lipinski definition) is 0. The van der Waals surface area contributed by atoms with E-state index in [1.165, 1.54) is 16.5 Å². The Morgan fingerprint density at radius 2 is 2.06 bits per heavy atom. The van der Waals surface area contributed by atoms with E-state index in [1.807, 2.05) is 13.0 Å². The van der Waals surface area contributed by atoms with Crippen molar-refractivity contribution in [3.63, 3.8) is 0 Å². The number of benzene rings is 1. The molecule has 2 rings (SSSR count). The maximum absolute atomic E-state index is 4.57. The summed E-state index contributed by atoms with van der Waals surface area (Å²) in [6.45, 7) is 6.50. The highest BCUT2D eigenvalue weighted by molar-refractivity contribution is 9.09. The van der Waals surface area contributed by atoms with Gasteiger partial charge in [0.1, 0.15) is 0 Å². The molecule has 0 N–H and O–H groups in total. The molecular weight excluding hydrogens is 286 g/mol. The molecule has 0 saturated carbocycles. The second-order valence-corrected chi connectivity index (χ2v) is 5.44. The van der Waals surface area contributed by atoms with Gasteiger partial charge in [0.2, 0.25) is 0 Å². The summed E-state index contributed by atoms with van der Waals surface area (Å²) in [5.41, 5.74) is 4.81. The number of aryl methyl sites for hydroxylation is 1. The molecule has 0 fully saturated rings. The molecule has 18 heavy (non-hydrogen) atoms. The van der Waals surface area contributed by atoms with Crippen LogP contribution in [-0.4, -0.2) is 10.3 Å². The van der Waals surface area contributed by atoms with E-state index < -0.39 is 0 Å². The van der Waals surface area contributed by atoms with Crippen molar-refractivity contribution in [3.8, 4) is 0 Å². The van der Waals surface area contributed by atoms with Gasteiger partial charge in [0.05, 0.1) is 5.52 Å². The van der Waals surface area contributed by atoms with E-state index in [9.17, 15) is 0 Å². The van der Waals surface area contributed by atoms with Crippen LogP contribution in [0.25, 0.3) is 17.0 Å². The lowest BCUT2D eigenvalue weighted by Crippen LogP contribution is -1.96. The number of alkyl halides is 1. The minimum Gasteiger partial charge on any atom is -0.253 e. The van der Waals surface area contributed by atoms with E-state index in [0.717, 1.165) is 16.5 Å². The Hall–Kier alpha value is -1.15. The third kappa shape index (κ3) is 2.81. The zero-order valence-corrected chi connectivity index (χ0v) is 12.7. The van der Waals surface area contributed by atoms with Crippen molar-refractivity contribution < 1.29 is 0 Å². The van der Waals surface area contributed by atoms with Crippen LogP contribution in [0.3, 0.4) is 0 Å². The highest BCUT2D eigenvalue weighted by Gasteiger charge is 2.05. The van der Waals surface area contributed by atoms with Gasteiger partial charge in [-0.05, 0) is 30.5 Å². The summed E-state index contributed by atoms with van der Waals surface area (Å²) in [5.74, 6) is 0.552. The Labute approximate surface area is 117 Å². The SMILES string of the molecule is Cc1cc(C=C(CBr)C(C)C)c2ccccc2n1. The molecule has 94 valence electrons. The van der Waals surface area contributed by atoms with E-state index in [1.54, 1.807) is 0 Å². The molecule has 0 aliphatic carbocycles. The fourth-order valence-electron chi connectivity index (χ4n) is 2.02. The Bertz CT molecular complexity index is 585. The molecule has 0 aliphatic heterocycles. The summed E-state index contributed by atoms with van der Waals surface area (Å²) in [4.78, 5) is 4.57. The summed E-state index contributed by atoms with van der Waals surface area (Å²) < 4.78 is 0. The van der Waals surface area contributed by atoms with Crippen LogP contribution >= 0.6 is 15.9 Å². The first kappa shape index (κ1) is 13.3. The molecule has 0 amide bonds. The number of hydrogen-bond acceptors (Lipinski definition) is 1. The number of pyridine rings is 1. The van der Waals surface area contributed by atoms with Crippen LogP contribution in [0.15, 0.2) is 35.9 Å². The van der Waals surface area contributed by atoms with Gasteiger partial charge in [-0.25, -0.2) is 0 Å². The number of aromatic nitrogens is 1. The fourth-order valence-corrected chi connectivity index (χ4v) is 2.83. The Kier molecular flexibility index (Phi) is 4.18. The number of nitrogens with zero attached hydrogens (tertiary/aromatic N) is 1. The van der Waals surface area contributed by atoms with Crippen LogP contribution in [0, 0.1) is 12.8 Å². The topological polar surface area (TPSA) is 12.9 Å². The van der Waals surface area contributed by atoms with Gasteiger partial charge in [0.15, 0.2) is 0 Å². The van der Waals surface area contributed by atoms with Gasteiger partial charge in [-0.3, -0.25) is 4.98 Å². The molecule has 2 heteroatoms. The maximum atomic E-state index is 4.57. The molecule has 0 radical (unpaired) electrons. The Balaban J connectivity index is 2.63. The zero-order valence-electron chi connectivity index (χ0n) is 11.1. The summed E-state index contributed by atoms with van der Waals surface area (Å²) in [6.07, 6.45) is 2.29. The van der Waals surface area contributed by atoms with E-state index in [-0.39, 0.29) is 0 Å². The number of fused-ring (bicyclic) bond motifs is 1. The lowest BCUT2D eigenvalue weighted by Gasteiger charge is -2.10.